The summed E-state index contributed by atoms with van der Waals surface area (Å²) in [6, 6.07) is -0.637. The van der Waals surface area contributed by atoms with Crippen molar-refractivity contribution in [1.29, 1.82) is 0 Å². The Morgan fingerprint density at radius 2 is 1.81 bits per heavy atom. The van der Waals surface area contributed by atoms with E-state index in [2.05, 4.69) is 15.4 Å². The predicted molar refractivity (Wildman–Crippen MR) is 57.5 cm³/mol. The maximum absolute atomic E-state index is 11.6. The molecule has 2 N–H and O–H groups in total. The first-order valence-electron chi connectivity index (χ1n) is 5.00. The SMILES string of the molecule is COC(=O)CNC(=O)[C@@H](NC(C)=O)C(C)C. The number of methoxy groups -OCH3 is 1. The van der Waals surface area contributed by atoms with Gasteiger partial charge in [0, 0.05) is 6.92 Å². The zero-order valence-electron chi connectivity index (χ0n) is 9.99. The summed E-state index contributed by atoms with van der Waals surface area (Å²) in [7, 11) is 1.24. The van der Waals surface area contributed by atoms with E-state index < -0.39 is 17.9 Å². The fraction of sp³-hybridized carbons (Fsp3) is 0.700. The molecule has 0 bridgehead atoms. The largest absolute Gasteiger partial charge is 0.468 e. The molecule has 0 heterocycles. The molecule has 0 aromatic rings. The number of esters is 1. The summed E-state index contributed by atoms with van der Waals surface area (Å²) in [6.07, 6.45) is 0. The Bertz CT molecular complexity index is 276. The molecule has 0 aliphatic rings. The van der Waals surface area contributed by atoms with Crippen molar-refractivity contribution in [2.45, 2.75) is 26.8 Å². The zero-order chi connectivity index (χ0) is 12.7. The van der Waals surface area contributed by atoms with Gasteiger partial charge in [0.2, 0.25) is 11.8 Å². The molecule has 1 atom stereocenters. The van der Waals surface area contributed by atoms with Crippen molar-refractivity contribution in [3.63, 3.8) is 0 Å². The molecular weight excluding hydrogens is 212 g/mol. The maximum atomic E-state index is 11.6. The molecule has 2 amide bonds. The van der Waals surface area contributed by atoms with Crippen LogP contribution in [-0.2, 0) is 19.1 Å². The van der Waals surface area contributed by atoms with Crippen molar-refractivity contribution in [3.8, 4) is 0 Å². The second kappa shape index (κ2) is 6.81. The molecule has 0 saturated heterocycles. The standard InChI is InChI=1S/C10H18N2O4/c1-6(2)9(12-7(3)13)10(15)11-5-8(14)16-4/h6,9H,5H2,1-4H3,(H,11,15)(H,12,13)/t9-/m0/s1. The van der Waals surface area contributed by atoms with Gasteiger partial charge in [0.25, 0.3) is 0 Å². The van der Waals surface area contributed by atoms with E-state index in [0.29, 0.717) is 0 Å². The van der Waals surface area contributed by atoms with Gasteiger partial charge >= 0.3 is 5.97 Å². The Hall–Kier alpha value is -1.59. The van der Waals surface area contributed by atoms with E-state index in [0.717, 1.165) is 0 Å². The molecule has 0 aromatic carbocycles. The number of hydrogen-bond acceptors (Lipinski definition) is 4. The molecule has 16 heavy (non-hydrogen) atoms. The molecular formula is C10H18N2O4. The van der Waals surface area contributed by atoms with Crippen LogP contribution in [0.3, 0.4) is 0 Å². The van der Waals surface area contributed by atoms with Gasteiger partial charge in [-0.15, -0.1) is 0 Å². The number of amides is 2. The van der Waals surface area contributed by atoms with Gasteiger partial charge in [-0.3, -0.25) is 14.4 Å². The monoisotopic (exact) mass is 230 g/mol. The van der Waals surface area contributed by atoms with Crippen molar-refractivity contribution in [1.82, 2.24) is 10.6 Å². The molecule has 6 heteroatoms. The first-order valence-corrected chi connectivity index (χ1v) is 5.00. The third kappa shape index (κ3) is 5.33. The quantitative estimate of drug-likeness (QED) is 0.620. The van der Waals surface area contributed by atoms with Gasteiger partial charge in [-0.1, -0.05) is 13.8 Å². The highest BCUT2D eigenvalue weighted by atomic mass is 16.5. The lowest BCUT2D eigenvalue weighted by Crippen LogP contribution is -2.50. The van der Waals surface area contributed by atoms with Gasteiger partial charge in [-0.05, 0) is 5.92 Å². The molecule has 0 unspecified atom stereocenters. The smallest absolute Gasteiger partial charge is 0.325 e. The number of rotatable bonds is 5. The molecule has 0 spiro atoms. The van der Waals surface area contributed by atoms with Crippen LogP contribution < -0.4 is 10.6 Å². The van der Waals surface area contributed by atoms with Crippen LogP contribution in [0.1, 0.15) is 20.8 Å². The lowest BCUT2D eigenvalue weighted by atomic mass is 10.0. The van der Waals surface area contributed by atoms with Crippen LogP contribution in [0.4, 0.5) is 0 Å². The third-order valence-electron chi connectivity index (χ3n) is 1.94. The second-order valence-corrected chi connectivity index (χ2v) is 3.72. The van der Waals surface area contributed by atoms with E-state index in [9.17, 15) is 14.4 Å². The average Bonchev–Trinajstić information content (AvgIpc) is 2.21. The summed E-state index contributed by atoms with van der Waals surface area (Å²) in [4.78, 5) is 33.3. The molecule has 0 aromatic heterocycles. The maximum Gasteiger partial charge on any atom is 0.325 e. The number of hydrogen-bond donors (Lipinski definition) is 2. The van der Waals surface area contributed by atoms with Crippen molar-refractivity contribution < 1.29 is 19.1 Å². The predicted octanol–water partition coefficient (Wildman–Crippen LogP) is -0.564. The van der Waals surface area contributed by atoms with E-state index >= 15 is 0 Å². The van der Waals surface area contributed by atoms with Gasteiger partial charge in [0.15, 0.2) is 0 Å². The Morgan fingerprint density at radius 3 is 2.19 bits per heavy atom. The number of nitrogens with one attached hydrogen (secondary N) is 2. The summed E-state index contributed by atoms with van der Waals surface area (Å²) in [5, 5.41) is 4.91. The highest BCUT2D eigenvalue weighted by Gasteiger charge is 2.23. The van der Waals surface area contributed by atoms with Crippen LogP contribution in [0.5, 0.6) is 0 Å². The summed E-state index contributed by atoms with van der Waals surface area (Å²) in [5.41, 5.74) is 0. The molecule has 0 saturated carbocycles. The van der Waals surface area contributed by atoms with Gasteiger partial charge in [-0.25, -0.2) is 0 Å². The first kappa shape index (κ1) is 14.4. The normalized spacial score (nSPS) is 11.8. The van der Waals surface area contributed by atoms with Crippen LogP contribution >= 0.6 is 0 Å². The molecule has 0 radical (unpaired) electrons. The minimum Gasteiger partial charge on any atom is -0.468 e. The van der Waals surface area contributed by atoms with Crippen molar-refractivity contribution in [3.05, 3.63) is 0 Å². The highest BCUT2D eigenvalue weighted by Crippen LogP contribution is 2.01. The lowest BCUT2D eigenvalue weighted by molar-refractivity contribution is -0.141. The first-order chi connectivity index (χ1) is 7.38. The van der Waals surface area contributed by atoms with Crippen LogP contribution in [-0.4, -0.2) is 37.5 Å². The number of ether oxygens (including phenoxy) is 1. The van der Waals surface area contributed by atoms with E-state index in [-0.39, 0.29) is 18.4 Å². The van der Waals surface area contributed by atoms with Gasteiger partial charge in [0.1, 0.15) is 12.6 Å². The van der Waals surface area contributed by atoms with Crippen molar-refractivity contribution >= 4 is 17.8 Å². The molecule has 0 fully saturated rings. The molecule has 0 aliphatic heterocycles. The summed E-state index contributed by atoms with van der Waals surface area (Å²) < 4.78 is 4.38. The fourth-order valence-corrected chi connectivity index (χ4v) is 1.10. The van der Waals surface area contributed by atoms with E-state index in [1.54, 1.807) is 13.8 Å². The highest BCUT2D eigenvalue weighted by molar-refractivity contribution is 5.89. The van der Waals surface area contributed by atoms with Gasteiger partial charge < -0.3 is 15.4 Å². The van der Waals surface area contributed by atoms with E-state index in [1.165, 1.54) is 14.0 Å². The fourth-order valence-electron chi connectivity index (χ4n) is 1.10. The lowest BCUT2D eigenvalue weighted by Gasteiger charge is -2.20. The minimum atomic E-state index is -0.637. The van der Waals surface area contributed by atoms with Gasteiger partial charge in [-0.2, -0.15) is 0 Å². The van der Waals surface area contributed by atoms with Crippen LogP contribution in [0.25, 0.3) is 0 Å². The third-order valence-corrected chi connectivity index (χ3v) is 1.94. The second-order valence-electron chi connectivity index (χ2n) is 3.72. The summed E-state index contributed by atoms with van der Waals surface area (Å²) >= 11 is 0. The zero-order valence-corrected chi connectivity index (χ0v) is 9.99. The van der Waals surface area contributed by atoms with Crippen molar-refractivity contribution in [2.75, 3.05) is 13.7 Å². The number of carbonyl (C=O) groups excluding carboxylic acids is 3. The minimum absolute atomic E-state index is 0.0541. The molecule has 92 valence electrons. The Balaban J connectivity index is 4.28. The Kier molecular flexibility index (Phi) is 6.14. The molecule has 0 rings (SSSR count). The number of carbonyl (C=O) groups is 3. The van der Waals surface area contributed by atoms with Gasteiger partial charge in [0.05, 0.1) is 7.11 Å². The van der Waals surface area contributed by atoms with E-state index in [1.807, 2.05) is 0 Å². The van der Waals surface area contributed by atoms with Crippen molar-refractivity contribution in [2.24, 2.45) is 5.92 Å². The van der Waals surface area contributed by atoms with Crippen LogP contribution in [0.2, 0.25) is 0 Å². The molecule has 6 nitrogen and oxygen atoms in total. The summed E-state index contributed by atoms with van der Waals surface area (Å²) in [5.74, 6) is -1.26. The Morgan fingerprint density at radius 1 is 1.25 bits per heavy atom. The van der Waals surface area contributed by atoms with Crippen LogP contribution in [0, 0.1) is 5.92 Å². The summed E-state index contributed by atoms with van der Waals surface area (Å²) in [6.45, 7) is 4.75. The average molecular weight is 230 g/mol. The van der Waals surface area contributed by atoms with Crippen LogP contribution in [0.15, 0.2) is 0 Å². The van der Waals surface area contributed by atoms with E-state index in [4.69, 9.17) is 0 Å². The Labute approximate surface area is 94.7 Å². The topological polar surface area (TPSA) is 84.5 Å². The molecule has 0 aliphatic carbocycles.